The van der Waals surface area contributed by atoms with Crippen molar-refractivity contribution in [1.82, 2.24) is 24.5 Å². The maximum Gasteiger partial charge on any atom is 0.270 e. The van der Waals surface area contributed by atoms with Crippen molar-refractivity contribution in [2.75, 3.05) is 0 Å². The van der Waals surface area contributed by atoms with Crippen LogP contribution in [0.15, 0.2) is 35.5 Å². The van der Waals surface area contributed by atoms with Crippen LogP contribution in [0.25, 0.3) is 5.65 Å². The average molecular weight is 395 g/mol. The molecule has 152 valence electrons. The Morgan fingerprint density at radius 2 is 2.10 bits per heavy atom. The highest BCUT2D eigenvalue weighted by Gasteiger charge is 2.29. The van der Waals surface area contributed by atoms with Crippen molar-refractivity contribution >= 4 is 11.6 Å². The molecule has 1 saturated carbocycles. The molecule has 8 heteroatoms. The highest BCUT2D eigenvalue weighted by molar-refractivity contribution is 5.96. The summed E-state index contributed by atoms with van der Waals surface area (Å²) in [7, 11) is 0. The van der Waals surface area contributed by atoms with Crippen molar-refractivity contribution in [1.29, 1.82) is 0 Å². The number of hydrogen-bond donors (Lipinski definition) is 2. The molecule has 29 heavy (non-hydrogen) atoms. The van der Waals surface area contributed by atoms with Gasteiger partial charge in [0.1, 0.15) is 5.65 Å². The number of rotatable bonds is 7. The summed E-state index contributed by atoms with van der Waals surface area (Å²) in [6.07, 6.45) is 8.36. The third-order valence-electron chi connectivity index (χ3n) is 5.05. The second-order valence-corrected chi connectivity index (χ2v) is 8.02. The number of carbonyl (C=O) groups is 1. The van der Waals surface area contributed by atoms with Gasteiger partial charge in [-0.15, -0.1) is 0 Å². The Morgan fingerprint density at radius 1 is 1.31 bits per heavy atom. The van der Waals surface area contributed by atoms with Crippen molar-refractivity contribution in [2.24, 2.45) is 5.92 Å². The van der Waals surface area contributed by atoms with Crippen LogP contribution in [0, 0.1) is 5.92 Å². The number of amides is 1. The molecule has 2 N–H and O–H groups in total. The molecule has 1 aliphatic carbocycles. The first kappa shape index (κ1) is 19.2. The second-order valence-electron chi connectivity index (χ2n) is 8.02. The van der Waals surface area contributed by atoms with Gasteiger partial charge in [0.05, 0.1) is 6.20 Å². The molecule has 1 aliphatic rings. The first-order chi connectivity index (χ1) is 14.0. The predicted molar refractivity (Wildman–Crippen MR) is 108 cm³/mol. The van der Waals surface area contributed by atoms with Gasteiger partial charge in [-0.05, 0) is 43.2 Å². The minimum absolute atomic E-state index is 0.0863. The zero-order chi connectivity index (χ0) is 20.5. The van der Waals surface area contributed by atoms with E-state index >= 15 is 0 Å². The van der Waals surface area contributed by atoms with E-state index in [-0.39, 0.29) is 17.5 Å². The lowest BCUT2D eigenvalue weighted by molar-refractivity contribution is 0.0944. The molecule has 1 amide bonds. The minimum atomic E-state index is -0.540. The number of aryl methyl sites for hydroxylation is 2. The van der Waals surface area contributed by atoms with Gasteiger partial charge in [0.25, 0.3) is 11.5 Å². The van der Waals surface area contributed by atoms with E-state index < -0.39 is 17.3 Å². The Balaban J connectivity index is 1.78. The largest absolute Gasteiger partial charge is 0.492 e. The molecular weight excluding hydrogens is 370 g/mol. The normalized spacial score (nSPS) is 13.9. The molecule has 4 rings (SSSR count). The zero-order valence-electron chi connectivity index (χ0n) is 16.6. The molecule has 0 atom stereocenters. The number of carbonyl (C=O) groups excluding carboxylic acids is 1. The molecule has 0 spiro atoms. The van der Waals surface area contributed by atoms with Crippen molar-refractivity contribution in [3.05, 3.63) is 57.8 Å². The third kappa shape index (κ3) is 3.87. The van der Waals surface area contributed by atoms with Crippen LogP contribution in [0.3, 0.4) is 0 Å². The van der Waals surface area contributed by atoms with Crippen LogP contribution in [0.1, 0.15) is 48.2 Å². The van der Waals surface area contributed by atoms with Gasteiger partial charge in [0.2, 0.25) is 5.88 Å². The molecule has 0 aromatic carbocycles. The van der Waals surface area contributed by atoms with Crippen molar-refractivity contribution < 1.29 is 9.90 Å². The molecular formula is C21H25N5O3. The minimum Gasteiger partial charge on any atom is -0.492 e. The zero-order valence-corrected chi connectivity index (χ0v) is 16.6. The lowest BCUT2D eigenvalue weighted by Crippen LogP contribution is -2.36. The highest BCUT2D eigenvalue weighted by Crippen LogP contribution is 2.23. The fraction of sp³-hybridized carbons (Fsp3) is 0.429. The number of fused-ring (bicyclic) bond motifs is 1. The van der Waals surface area contributed by atoms with Crippen molar-refractivity contribution in [3.63, 3.8) is 0 Å². The fourth-order valence-corrected chi connectivity index (χ4v) is 3.47. The van der Waals surface area contributed by atoms with Crippen LogP contribution in [-0.4, -0.2) is 36.2 Å². The molecule has 0 radical (unpaired) electrons. The Kier molecular flexibility index (Phi) is 5.08. The van der Waals surface area contributed by atoms with Crippen LogP contribution in [0.4, 0.5) is 0 Å². The lowest BCUT2D eigenvalue weighted by Gasteiger charge is -2.16. The number of aromatic hydroxyl groups is 1. The molecule has 3 aromatic heterocycles. The van der Waals surface area contributed by atoms with Gasteiger partial charge in [-0.3, -0.25) is 19.1 Å². The van der Waals surface area contributed by atoms with E-state index in [4.69, 9.17) is 0 Å². The van der Waals surface area contributed by atoms with Crippen LogP contribution in [0.5, 0.6) is 5.88 Å². The van der Waals surface area contributed by atoms with Gasteiger partial charge in [0.15, 0.2) is 5.56 Å². The van der Waals surface area contributed by atoms with E-state index in [0.717, 1.165) is 30.4 Å². The molecule has 1 fully saturated rings. The van der Waals surface area contributed by atoms with Gasteiger partial charge in [-0.2, -0.15) is 9.61 Å². The smallest absolute Gasteiger partial charge is 0.270 e. The van der Waals surface area contributed by atoms with E-state index in [0.29, 0.717) is 18.6 Å². The fourth-order valence-electron chi connectivity index (χ4n) is 3.47. The van der Waals surface area contributed by atoms with E-state index in [1.54, 1.807) is 17.0 Å². The average Bonchev–Trinajstić information content (AvgIpc) is 3.40. The Labute approximate surface area is 168 Å². The monoisotopic (exact) mass is 395 g/mol. The van der Waals surface area contributed by atoms with Crippen molar-refractivity contribution in [3.8, 4) is 5.88 Å². The van der Waals surface area contributed by atoms with Crippen LogP contribution >= 0.6 is 0 Å². The summed E-state index contributed by atoms with van der Waals surface area (Å²) in [5.74, 6) is -0.765. The number of hydrogen-bond acceptors (Lipinski definition) is 5. The standard InChI is InChI=1S/C21H25N5O3/c1-13(2)12-25-19-15(6-5-14-4-3-9-22-10-14)11-23-26(19)21(29)17(20(25)28)18(27)24-16-7-8-16/h3-4,9-11,13,16,29H,5-8,12H2,1-2H3,(H,24,27). The van der Waals surface area contributed by atoms with Crippen molar-refractivity contribution in [2.45, 2.75) is 52.1 Å². The third-order valence-corrected chi connectivity index (χ3v) is 5.05. The highest BCUT2D eigenvalue weighted by atomic mass is 16.3. The Bertz CT molecular complexity index is 1100. The topological polar surface area (TPSA) is 102 Å². The molecule has 3 heterocycles. The predicted octanol–water partition coefficient (Wildman–Crippen LogP) is 1.93. The first-order valence-electron chi connectivity index (χ1n) is 9.98. The molecule has 3 aromatic rings. The quantitative estimate of drug-likeness (QED) is 0.637. The maximum absolute atomic E-state index is 13.2. The summed E-state index contributed by atoms with van der Waals surface area (Å²) >= 11 is 0. The van der Waals surface area contributed by atoms with E-state index in [2.05, 4.69) is 15.4 Å². The summed E-state index contributed by atoms with van der Waals surface area (Å²) in [5.41, 5.74) is 1.73. The molecule has 0 unspecified atom stereocenters. The van der Waals surface area contributed by atoms with Gasteiger partial charge in [-0.25, -0.2) is 0 Å². The summed E-state index contributed by atoms with van der Waals surface area (Å²) < 4.78 is 2.88. The number of pyridine rings is 1. The number of aromatic nitrogens is 4. The molecule has 0 aliphatic heterocycles. The van der Waals surface area contributed by atoms with Gasteiger partial charge < -0.3 is 10.4 Å². The van der Waals surface area contributed by atoms with Crippen LogP contribution < -0.4 is 10.9 Å². The van der Waals surface area contributed by atoms with Crippen LogP contribution in [0.2, 0.25) is 0 Å². The molecule has 0 bridgehead atoms. The maximum atomic E-state index is 13.2. The van der Waals surface area contributed by atoms with E-state index in [1.165, 1.54) is 4.52 Å². The summed E-state index contributed by atoms with van der Waals surface area (Å²) in [4.78, 5) is 29.9. The molecule has 8 nitrogen and oxygen atoms in total. The lowest BCUT2D eigenvalue weighted by atomic mass is 10.1. The summed E-state index contributed by atoms with van der Waals surface area (Å²) in [6.45, 7) is 4.44. The Morgan fingerprint density at radius 3 is 2.76 bits per heavy atom. The van der Waals surface area contributed by atoms with Crippen LogP contribution in [-0.2, 0) is 19.4 Å². The summed E-state index contributed by atoms with van der Waals surface area (Å²) in [6, 6.07) is 3.97. The first-order valence-corrected chi connectivity index (χ1v) is 9.98. The van der Waals surface area contributed by atoms with Gasteiger partial charge in [0, 0.05) is 30.5 Å². The van der Waals surface area contributed by atoms with E-state index in [9.17, 15) is 14.7 Å². The molecule has 0 saturated heterocycles. The van der Waals surface area contributed by atoms with Gasteiger partial charge in [-0.1, -0.05) is 19.9 Å². The van der Waals surface area contributed by atoms with E-state index in [1.807, 2.05) is 32.2 Å². The second kappa shape index (κ2) is 7.69. The number of nitrogens with one attached hydrogen (secondary N) is 1. The van der Waals surface area contributed by atoms with Gasteiger partial charge >= 0.3 is 0 Å². The summed E-state index contributed by atoms with van der Waals surface area (Å²) in [5, 5.41) is 17.8. The SMILES string of the molecule is CC(C)Cn1c(=O)c(C(=O)NC2CC2)c(O)n2ncc(CCc3cccnc3)c12. The Hall–Kier alpha value is -3.16. The number of nitrogens with zero attached hydrogens (tertiary/aromatic N) is 4.